The van der Waals surface area contributed by atoms with Gasteiger partial charge in [0.15, 0.2) is 0 Å². The normalized spacial score (nSPS) is 9.79. The molecule has 0 saturated carbocycles. The fourth-order valence-electron chi connectivity index (χ4n) is 1.10. The molecule has 0 unspecified atom stereocenters. The Hall–Kier alpha value is -1.88. The predicted octanol–water partition coefficient (Wildman–Crippen LogP) is 0.542. The van der Waals surface area contributed by atoms with Crippen molar-refractivity contribution in [2.75, 3.05) is 0 Å². The highest BCUT2D eigenvalue weighted by molar-refractivity contribution is 5.93. The minimum atomic E-state index is -1.11. The first-order valence-electron chi connectivity index (χ1n) is 3.86. The Balaban J connectivity index is 3.25. The second-order valence-corrected chi connectivity index (χ2v) is 2.69. The number of hydrogen-bond donors (Lipinski definition) is 3. The quantitative estimate of drug-likeness (QED) is 0.653. The van der Waals surface area contributed by atoms with Crippen molar-refractivity contribution in [3.8, 4) is 0 Å². The number of carboxylic acids is 2. The summed E-state index contributed by atoms with van der Waals surface area (Å²) in [4.78, 5) is 21.2. The van der Waals surface area contributed by atoms with Crippen LogP contribution in [0.2, 0.25) is 0 Å². The largest absolute Gasteiger partial charge is 0.478 e. The summed E-state index contributed by atoms with van der Waals surface area (Å²) in [7, 11) is 0. The Bertz CT molecular complexity index is 386. The number of rotatable bonds is 3. The molecule has 0 saturated heterocycles. The Morgan fingerprint density at radius 1 is 1.21 bits per heavy atom. The van der Waals surface area contributed by atoms with Crippen LogP contribution in [0.1, 0.15) is 26.3 Å². The maximum Gasteiger partial charge on any atom is 0.336 e. The van der Waals surface area contributed by atoms with Gasteiger partial charge in [-0.3, -0.25) is 0 Å². The third kappa shape index (κ3) is 1.89. The van der Waals surface area contributed by atoms with Crippen molar-refractivity contribution in [3.63, 3.8) is 0 Å². The van der Waals surface area contributed by atoms with Gasteiger partial charge in [0.05, 0.1) is 11.1 Å². The summed E-state index contributed by atoms with van der Waals surface area (Å²) < 4.78 is 0. The summed E-state index contributed by atoms with van der Waals surface area (Å²) in [6.45, 7) is 0.00273. The maximum atomic E-state index is 10.7. The summed E-state index contributed by atoms with van der Waals surface area (Å²) in [6.07, 6.45) is 0. The Morgan fingerprint density at radius 3 is 2.29 bits per heavy atom. The molecule has 0 spiro atoms. The molecule has 0 amide bonds. The Labute approximate surface area is 79.8 Å². The molecule has 0 heterocycles. The van der Waals surface area contributed by atoms with E-state index in [9.17, 15) is 9.59 Å². The number of aromatic carboxylic acids is 2. The standard InChI is InChI=1S/C9H9NO4/c10-4-6-3-5(8(11)12)1-2-7(6)9(13)14/h1-3H,4,10H2,(H,11,12)(H,13,14). The van der Waals surface area contributed by atoms with Gasteiger partial charge >= 0.3 is 11.9 Å². The van der Waals surface area contributed by atoms with Crippen molar-refractivity contribution < 1.29 is 19.8 Å². The van der Waals surface area contributed by atoms with E-state index in [0.717, 1.165) is 0 Å². The fraction of sp³-hybridized carbons (Fsp3) is 0.111. The number of benzene rings is 1. The van der Waals surface area contributed by atoms with Crippen LogP contribution < -0.4 is 5.73 Å². The van der Waals surface area contributed by atoms with Crippen molar-refractivity contribution >= 4 is 11.9 Å². The first kappa shape index (κ1) is 10.2. The number of hydrogen-bond acceptors (Lipinski definition) is 3. The monoisotopic (exact) mass is 195 g/mol. The van der Waals surface area contributed by atoms with Gasteiger partial charge in [0.25, 0.3) is 0 Å². The lowest BCUT2D eigenvalue weighted by Gasteiger charge is -2.03. The van der Waals surface area contributed by atoms with E-state index in [1.54, 1.807) is 0 Å². The second kappa shape index (κ2) is 3.89. The SMILES string of the molecule is NCc1cc(C(=O)O)ccc1C(=O)O. The predicted molar refractivity (Wildman–Crippen MR) is 48.3 cm³/mol. The van der Waals surface area contributed by atoms with E-state index in [1.165, 1.54) is 18.2 Å². The number of nitrogens with two attached hydrogens (primary N) is 1. The zero-order valence-corrected chi connectivity index (χ0v) is 7.23. The smallest absolute Gasteiger partial charge is 0.336 e. The van der Waals surface area contributed by atoms with Crippen LogP contribution in [0, 0.1) is 0 Å². The molecule has 4 N–H and O–H groups in total. The Morgan fingerprint density at radius 2 is 1.86 bits per heavy atom. The van der Waals surface area contributed by atoms with Crippen LogP contribution in [-0.2, 0) is 6.54 Å². The Kier molecular flexibility index (Phi) is 2.83. The zero-order chi connectivity index (χ0) is 10.7. The van der Waals surface area contributed by atoms with Crippen LogP contribution in [-0.4, -0.2) is 22.2 Å². The van der Waals surface area contributed by atoms with E-state index in [4.69, 9.17) is 15.9 Å². The molecule has 0 atom stereocenters. The molecule has 74 valence electrons. The molecule has 1 rings (SSSR count). The van der Waals surface area contributed by atoms with Crippen LogP contribution in [0.5, 0.6) is 0 Å². The van der Waals surface area contributed by atoms with Gasteiger partial charge < -0.3 is 15.9 Å². The summed E-state index contributed by atoms with van der Waals surface area (Å²) in [5, 5.41) is 17.4. The van der Waals surface area contributed by atoms with Gasteiger partial charge in [-0.2, -0.15) is 0 Å². The molecule has 5 nitrogen and oxygen atoms in total. The van der Waals surface area contributed by atoms with Gasteiger partial charge in [0.2, 0.25) is 0 Å². The third-order valence-electron chi connectivity index (χ3n) is 1.80. The van der Waals surface area contributed by atoms with Crippen LogP contribution in [0.3, 0.4) is 0 Å². The van der Waals surface area contributed by atoms with E-state index in [2.05, 4.69) is 0 Å². The maximum absolute atomic E-state index is 10.7. The minimum Gasteiger partial charge on any atom is -0.478 e. The fourth-order valence-corrected chi connectivity index (χ4v) is 1.10. The molecule has 0 aliphatic heterocycles. The van der Waals surface area contributed by atoms with Gasteiger partial charge in [-0.15, -0.1) is 0 Å². The summed E-state index contributed by atoms with van der Waals surface area (Å²) in [5.74, 6) is -2.21. The topological polar surface area (TPSA) is 101 Å². The molecule has 1 aromatic rings. The average Bonchev–Trinajstić information content (AvgIpc) is 2.16. The lowest BCUT2D eigenvalue weighted by atomic mass is 10.0. The summed E-state index contributed by atoms with van der Waals surface area (Å²) >= 11 is 0. The second-order valence-electron chi connectivity index (χ2n) is 2.69. The minimum absolute atomic E-state index is 0.00273. The highest BCUT2D eigenvalue weighted by atomic mass is 16.4. The lowest BCUT2D eigenvalue weighted by molar-refractivity contribution is 0.0680. The van der Waals surface area contributed by atoms with Crippen LogP contribution >= 0.6 is 0 Å². The van der Waals surface area contributed by atoms with E-state index < -0.39 is 11.9 Å². The van der Waals surface area contributed by atoms with Gasteiger partial charge in [-0.25, -0.2) is 9.59 Å². The van der Waals surface area contributed by atoms with E-state index in [-0.39, 0.29) is 17.7 Å². The van der Waals surface area contributed by atoms with Crippen molar-refractivity contribution in [3.05, 3.63) is 34.9 Å². The van der Waals surface area contributed by atoms with Gasteiger partial charge in [0.1, 0.15) is 0 Å². The molecule has 0 fully saturated rings. The van der Waals surface area contributed by atoms with E-state index in [1.807, 2.05) is 0 Å². The number of carboxylic acid groups (broad SMARTS) is 2. The summed E-state index contributed by atoms with van der Waals surface area (Å²) in [6, 6.07) is 3.75. The van der Waals surface area contributed by atoms with Crippen LogP contribution in [0.25, 0.3) is 0 Å². The molecule has 1 aromatic carbocycles. The molecule has 0 bridgehead atoms. The lowest BCUT2D eigenvalue weighted by Crippen LogP contribution is -2.09. The van der Waals surface area contributed by atoms with Crippen molar-refractivity contribution in [1.82, 2.24) is 0 Å². The van der Waals surface area contributed by atoms with E-state index >= 15 is 0 Å². The third-order valence-corrected chi connectivity index (χ3v) is 1.80. The molecular formula is C9H9NO4. The average molecular weight is 195 g/mol. The highest BCUT2D eigenvalue weighted by Crippen LogP contribution is 2.11. The van der Waals surface area contributed by atoms with Crippen LogP contribution in [0.4, 0.5) is 0 Å². The number of carbonyl (C=O) groups is 2. The molecule has 0 aliphatic carbocycles. The molecule has 0 aliphatic rings. The first-order chi connectivity index (χ1) is 6.56. The summed E-state index contributed by atoms with van der Waals surface area (Å²) in [5.41, 5.74) is 5.70. The van der Waals surface area contributed by atoms with Crippen molar-refractivity contribution in [2.45, 2.75) is 6.54 Å². The molecule has 0 radical (unpaired) electrons. The van der Waals surface area contributed by atoms with Crippen molar-refractivity contribution in [2.24, 2.45) is 5.73 Å². The van der Waals surface area contributed by atoms with Gasteiger partial charge in [0, 0.05) is 6.54 Å². The van der Waals surface area contributed by atoms with Gasteiger partial charge in [-0.1, -0.05) is 0 Å². The van der Waals surface area contributed by atoms with Crippen LogP contribution in [0.15, 0.2) is 18.2 Å². The van der Waals surface area contributed by atoms with Crippen molar-refractivity contribution in [1.29, 1.82) is 0 Å². The molecule has 14 heavy (non-hydrogen) atoms. The van der Waals surface area contributed by atoms with Gasteiger partial charge in [-0.05, 0) is 23.8 Å². The van der Waals surface area contributed by atoms with E-state index in [0.29, 0.717) is 5.56 Å². The molecule has 5 heteroatoms. The highest BCUT2D eigenvalue weighted by Gasteiger charge is 2.11. The molecule has 0 aromatic heterocycles. The zero-order valence-electron chi connectivity index (χ0n) is 7.23. The molecular weight excluding hydrogens is 186 g/mol. The first-order valence-corrected chi connectivity index (χ1v) is 3.86.